The van der Waals surface area contributed by atoms with E-state index in [4.69, 9.17) is 0 Å². The number of hydrogen-bond donors (Lipinski definition) is 1. The molecule has 0 spiro atoms. The minimum absolute atomic E-state index is 0. The lowest BCUT2D eigenvalue weighted by Crippen LogP contribution is -2.35. The van der Waals surface area contributed by atoms with E-state index in [0.29, 0.717) is 5.56 Å². The Hall–Kier alpha value is -0.670. The average Bonchev–Trinajstić information content (AvgIpc) is 1.90. The molecule has 1 aliphatic rings. The van der Waals surface area contributed by atoms with Gasteiger partial charge in [0, 0.05) is 17.8 Å². The van der Waals surface area contributed by atoms with Crippen molar-refractivity contribution < 1.29 is 4.39 Å². The number of pyridine rings is 1. The van der Waals surface area contributed by atoms with E-state index in [9.17, 15) is 4.39 Å². The minimum atomic E-state index is -0.343. The molecule has 4 heteroatoms. The Morgan fingerprint density at radius 3 is 2.83 bits per heavy atom. The van der Waals surface area contributed by atoms with E-state index in [2.05, 4.69) is 10.3 Å². The largest absolute Gasteiger partial charge is 0.310 e. The molecule has 2 nitrogen and oxygen atoms in total. The lowest BCUT2D eigenvalue weighted by Gasteiger charge is -2.27. The first-order valence-corrected chi connectivity index (χ1v) is 3.72. The van der Waals surface area contributed by atoms with Crippen LogP contribution in [0.3, 0.4) is 0 Å². The molecule has 1 fully saturated rings. The molecule has 1 atom stereocenters. The van der Waals surface area contributed by atoms with Crippen molar-refractivity contribution in [1.82, 2.24) is 10.3 Å². The molecule has 66 valence electrons. The van der Waals surface area contributed by atoms with Crippen LogP contribution >= 0.6 is 12.4 Å². The highest BCUT2D eigenvalue weighted by Gasteiger charge is 2.21. The van der Waals surface area contributed by atoms with Gasteiger partial charge in [-0.2, -0.15) is 4.39 Å². The van der Waals surface area contributed by atoms with Gasteiger partial charge in [0.1, 0.15) is 0 Å². The summed E-state index contributed by atoms with van der Waals surface area (Å²) >= 11 is 0. The van der Waals surface area contributed by atoms with E-state index in [1.54, 1.807) is 12.1 Å². The monoisotopic (exact) mass is 188 g/mol. The maximum absolute atomic E-state index is 12.9. The van der Waals surface area contributed by atoms with Crippen molar-refractivity contribution in [1.29, 1.82) is 0 Å². The van der Waals surface area contributed by atoms with Crippen molar-refractivity contribution in [2.75, 3.05) is 6.54 Å². The third-order valence-electron chi connectivity index (χ3n) is 1.99. The third-order valence-corrected chi connectivity index (χ3v) is 1.99. The van der Waals surface area contributed by atoms with Gasteiger partial charge in [0.15, 0.2) is 0 Å². The Kier molecular flexibility index (Phi) is 3.00. The second-order valence-electron chi connectivity index (χ2n) is 2.68. The van der Waals surface area contributed by atoms with Gasteiger partial charge in [0.05, 0.1) is 0 Å². The molecule has 0 aliphatic carbocycles. The van der Waals surface area contributed by atoms with Gasteiger partial charge in [0.2, 0.25) is 5.95 Å². The molecular weight excluding hydrogens is 179 g/mol. The summed E-state index contributed by atoms with van der Waals surface area (Å²) in [6.07, 6.45) is 2.49. The first-order valence-electron chi connectivity index (χ1n) is 3.72. The Bertz CT molecular complexity index is 263. The summed E-state index contributed by atoms with van der Waals surface area (Å²) in [5.41, 5.74) is 0.693. The molecule has 0 amide bonds. The van der Waals surface area contributed by atoms with Crippen molar-refractivity contribution >= 4 is 12.4 Å². The van der Waals surface area contributed by atoms with Gasteiger partial charge < -0.3 is 5.32 Å². The zero-order chi connectivity index (χ0) is 7.68. The molecule has 12 heavy (non-hydrogen) atoms. The molecule has 2 rings (SSSR count). The fourth-order valence-corrected chi connectivity index (χ4v) is 1.21. The van der Waals surface area contributed by atoms with E-state index in [-0.39, 0.29) is 24.4 Å². The fraction of sp³-hybridized carbons (Fsp3) is 0.375. The highest BCUT2D eigenvalue weighted by Crippen LogP contribution is 2.23. The van der Waals surface area contributed by atoms with E-state index < -0.39 is 0 Å². The molecule has 0 saturated carbocycles. The number of halogens is 2. The smallest absolute Gasteiger partial charge is 0.217 e. The first kappa shape index (κ1) is 9.42. The van der Waals surface area contributed by atoms with Gasteiger partial charge in [-0.25, -0.2) is 4.98 Å². The van der Waals surface area contributed by atoms with Crippen LogP contribution in [0.2, 0.25) is 0 Å². The Morgan fingerprint density at radius 2 is 2.33 bits per heavy atom. The van der Waals surface area contributed by atoms with Crippen LogP contribution in [0.1, 0.15) is 18.0 Å². The maximum atomic E-state index is 12.9. The highest BCUT2D eigenvalue weighted by molar-refractivity contribution is 5.85. The molecule has 1 aromatic heterocycles. The predicted molar refractivity (Wildman–Crippen MR) is 46.8 cm³/mol. The summed E-state index contributed by atoms with van der Waals surface area (Å²) in [5.74, 6) is -0.343. The summed E-state index contributed by atoms with van der Waals surface area (Å²) in [4.78, 5) is 3.58. The summed E-state index contributed by atoms with van der Waals surface area (Å²) in [7, 11) is 0. The normalized spacial score (nSPS) is 20.9. The third kappa shape index (κ3) is 1.57. The van der Waals surface area contributed by atoms with Gasteiger partial charge in [-0.15, -0.1) is 12.4 Å². The molecule has 1 saturated heterocycles. The molecule has 1 N–H and O–H groups in total. The topological polar surface area (TPSA) is 24.9 Å². The molecule has 0 radical (unpaired) electrons. The zero-order valence-corrected chi connectivity index (χ0v) is 7.27. The number of nitrogens with zero attached hydrogens (tertiary/aromatic N) is 1. The summed E-state index contributed by atoms with van der Waals surface area (Å²) in [6, 6.07) is 3.74. The number of nitrogens with one attached hydrogen (secondary N) is 1. The SMILES string of the molecule is Cl.Fc1ncccc1[C@@H]1CCN1. The Balaban J connectivity index is 0.000000720. The van der Waals surface area contributed by atoms with Gasteiger partial charge in [0.25, 0.3) is 0 Å². The zero-order valence-electron chi connectivity index (χ0n) is 6.46. The van der Waals surface area contributed by atoms with Crippen molar-refractivity contribution in [3.8, 4) is 0 Å². The van der Waals surface area contributed by atoms with Crippen LogP contribution in [0.5, 0.6) is 0 Å². The predicted octanol–water partition coefficient (Wildman–Crippen LogP) is 1.68. The van der Waals surface area contributed by atoms with Gasteiger partial charge in [-0.3, -0.25) is 0 Å². The van der Waals surface area contributed by atoms with Crippen LogP contribution in [0.25, 0.3) is 0 Å². The Morgan fingerprint density at radius 1 is 1.58 bits per heavy atom. The standard InChI is InChI=1S/C8H9FN2.ClH/c9-8-6(2-1-4-11-8)7-3-5-10-7;/h1-2,4,7,10H,3,5H2;1H/t7-;/m0./s1. The van der Waals surface area contributed by atoms with Crippen LogP contribution in [0, 0.1) is 5.95 Å². The maximum Gasteiger partial charge on any atom is 0.217 e. The fourth-order valence-electron chi connectivity index (χ4n) is 1.21. The number of aromatic nitrogens is 1. The van der Waals surface area contributed by atoms with E-state index in [1.165, 1.54) is 6.20 Å². The number of hydrogen-bond acceptors (Lipinski definition) is 2. The molecular formula is C8H10ClFN2. The van der Waals surface area contributed by atoms with Gasteiger partial charge >= 0.3 is 0 Å². The van der Waals surface area contributed by atoms with E-state index in [0.717, 1.165) is 13.0 Å². The number of rotatable bonds is 1. The highest BCUT2D eigenvalue weighted by atomic mass is 35.5. The lowest BCUT2D eigenvalue weighted by atomic mass is 10.00. The molecule has 2 heterocycles. The van der Waals surface area contributed by atoms with E-state index in [1.807, 2.05) is 0 Å². The van der Waals surface area contributed by atoms with E-state index >= 15 is 0 Å². The van der Waals surface area contributed by atoms with Crippen LogP contribution in [0.15, 0.2) is 18.3 Å². The van der Waals surface area contributed by atoms with Crippen molar-refractivity contribution in [3.05, 3.63) is 29.8 Å². The lowest BCUT2D eigenvalue weighted by molar-refractivity contribution is 0.366. The second kappa shape index (κ2) is 3.83. The van der Waals surface area contributed by atoms with Crippen molar-refractivity contribution in [3.63, 3.8) is 0 Å². The van der Waals surface area contributed by atoms with Crippen LogP contribution < -0.4 is 5.32 Å². The second-order valence-corrected chi connectivity index (χ2v) is 2.68. The van der Waals surface area contributed by atoms with Crippen LogP contribution in [0.4, 0.5) is 4.39 Å². The van der Waals surface area contributed by atoms with Gasteiger partial charge in [-0.05, 0) is 19.0 Å². The quantitative estimate of drug-likeness (QED) is 0.679. The summed E-state index contributed by atoms with van der Waals surface area (Å²) < 4.78 is 12.9. The van der Waals surface area contributed by atoms with Crippen LogP contribution in [-0.2, 0) is 0 Å². The first-order chi connectivity index (χ1) is 5.38. The summed E-state index contributed by atoms with van der Waals surface area (Å²) in [5, 5.41) is 3.12. The molecule has 0 aromatic carbocycles. The molecule has 1 aliphatic heterocycles. The van der Waals surface area contributed by atoms with Crippen molar-refractivity contribution in [2.45, 2.75) is 12.5 Å². The average molecular weight is 189 g/mol. The minimum Gasteiger partial charge on any atom is -0.310 e. The van der Waals surface area contributed by atoms with Crippen LogP contribution in [-0.4, -0.2) is 11.5 Å². The van der Waals surface area contributed by atoms with Gasteiger partial charge in [-0.1, -0.05) is 6.07 Å². The Labute approximate surface area is 76.6 Å². The summed E-state index contributed by atoms with van der Waals surface area (Å²) in [6.45, 7) is 0.985. The van der Waals surface area contributed by atoms with Crippen molar-refractivity contribution in [2.24, 2.45) is 0 Å². The molecule has 0 unspecified atom stereocenters. The molecule has 1 aromatic rings. The molecule has 0 bridgehead atoms.